The van der Waals surface area contributed by atoms with Gasteiger partial charge in [-0.2, -0.15) is 5.11 Å². The van der Waals surface area contributed by atoms with Crippen molar-refractivity contribution in [1.82, 2.24) is 0 Å². The number of hydrogen-bond donors (Lipinski definition) is 2. The van der Waals surface area contributed by atoms with Gasteiger partial charge in [0.25, 0.3) is 0 Å². The van der Waals surface area contributed by atoms with Gasteiger partial charge in [0.1, 0.15) is 11.4 Å². The van der Waals surface area contributed by atoms with E-state index in [0.717, 1.165) is 5.69 Å². The molecule has 0 radical (unpaired) electrons. The summed E-state index contributed by atoms with van der Waals surface area (Å²) in [7, 11) is 1.54. The van der Waals surface area contributed by atoms with Gasteiger partial charge < -0.3 is 16.2 Å². The van der Waals surface area contributed by atoms with Crippen LogP contribution in [0.2, 0.25) is 0 Å². The van der Waals surface area contributed by atoms with Crippen molar-refractivity contribution in [2.24, 2.45) is 10.2 Å². The molecule has 92 valence electrons. The fourth-order valence-electron chi connectivity index (χ4n) is 1.47. The van der Waals surface area contributed by atoms with Crippen molar-refractivity contribution in [3.05, 3.63) is 42.5 Å². The molecule has 0 spiro atoms. The molecule has 0 aliphatic rings. The van der Waals surface area contributed by atoms with E-state index in [4.69, 9.17) is 16.2 Å². The minimum atomic E-state index is 0.466. The quantitative estimate of drug-likeness (QED) is 0.639. The number of hydrogen-bond acceptors (Lipinski definition) is 5. The van der Waals surface area contributed by atoms with Gasteiger partial charge in [-0.1, -0.05) is 18.2 Å². The van der Waals surface area contributed by atoms with E-state index >= 15 is 0 Å². The third-order valence-corrected chi connectivity index (χ3v) is 2.41. The molecule has 0 aliphatic heterocycles. The van der Waals surface area contributed by atoms with Gasteiger partial charge in [0, 0.05) is 6.07 Å². The molecule has 18 heavy (non-hydrogen) atoms. The van der Waals surface area contributed by atoms with Crippen molar-refractivity contribution in [3.63, 3.8) is 0 Å². The Hall–Kier alpha value is -2.56. The molecule has 0 aromatic heterocycles. The van der Waals surface area contributed by atoms with Crippen LogP contribution in [0.15, 0.2) is 52.7 Å². The van der Waals surface area contributed by atoms with Crippen molar-refractivity contribution in [2.75, 3.05) is 18.6 Å². The highest BCUT2D eigenvalue weighted by molar-refractivity contribution is 5.73. The van der Waals surface area contributed by atoms with Gasteiger partial charge in [0.2, 0.25) is 0 Å². The minimum absolute atomic E-state index is 0.466. The first kappa shape index (κ1) is 11.9. The predicted octanol–water partition coefficient (Wildman–Crippen LogP) is 3.28. The number of benzene rings is 2. The van der Waals surface area contributed by atoms with Crippen LogP contribution in [0.3, 0.4) is 0 Å². The summed E-state index contributed by atoms with van der Waals surface area (Å²) < 4.78 is 5.11. The van der Waals surface area contributed by atoms with Crippen LogP contribution in [0.1, 0.15) is 0 Å². The van der Waals surface area contributed by atoms with Gasteiger partial charge in [-0.25, -0.2) is 0 Å². The summed E-state index contributed by atoms with van der Waals surface area (Å²) >= 11 is 0. The number of nitrogens with two attached hydrogens (primary N) is 2. The largest absolute Gasteiger partial charge is 0.495 e. The Kier molecular flexibility index (Phi) is 3.43. The molecule has 5 heteroatoms. The first-order valence-electron chi connectivity index (χ1n) is 5.40. The fraction of sp³-hybridized carbons (Fsp3) is 0.0769. The smallest absolute Gasteiger partial charge is 0.144 e. The van der Waals surface area contributed by atoms with Gasteiger partial charge in [-0.05, 0) is 18.2 Å². The summed E-state index contributed by atoms with van der Waals surface area (Å²) in [6, 6.07) is 12.7. The monoisotopic (exact) mass is 242 g/mol. The zero-order valence-corrected chi connectivity index (χ0v) is 10.00. The van der Waals surface area contributed by atoms with Crippen molar-refractivity contribution in [1.29, 1.82) is 0 Å². The Morgan fingerprint density at radius 2 is 1.67 bits per heavy atom. The van der Waals surface area contributed by atoms with Gasteiger partial charge in [0.05, 0.1) is 24.2 Å². The molecule has 0 atom stereocenters. The van der Waals surface area contributed by atoms with E-state index in [0.29, 0.717) is 22.8 Å². The highest BCUT2D eigenvalue weighted by Crippen LogP contribution is 2.33. The molecule has 0 saturated heterocycles. The second kappa shape index (κ2) is 5.18. The van der Waals surface area contributed by atoms with Gasteiger partial charge >= 0.3 is 0 Å². The van der Waals surface area contributed by atoms with E-state index in [1.807, 2.05) is 30.3 Å². The number of nitrogen functional groups attached to an aromatic ring is 2. The molecular formula is C13H14N4O. The third-order valence-electron chi connectivity index (χ3n) is 2.41. The molecule has 0 unspecified atom stereocenters. The lowest BCUT2D eigenvalue weighted by Gasteiger charge is -2.06. The van der Waals surface area contributed by atoms with Gasteiger partial charge in [0.15, 0.2) is 0 Å². The average Bonchev–Trinajstić information content (AvgIpc) is 2.39. The van der Waals surface area contributed by atoms with Crippen molar-refractivity contribution in [3.8, 4) is 5.75 Å². The second-order valence-corrected chi connectivity index (χ2v) is 3.69. The molecule has 5 nitrogen and oxygen atoms in total. The van der Waals surface area contributed by atoms with E-state index in [1.165, 1.54) is 0 Å². The lowest BCUT2D eigenvalue weighted by atomic mass is 10.2. The summed E-state index contributed by atoms with van der Waals surface area (Å²) in [6.07, 6.45) is 0. The normalized spacial score (nSPS) is 10.7. The maximum Gasteiger partial charge on any atom is 0.144 e. The summed E-state index contributed by atoms with van der Waals surface area (Å²) in [5.41, 5.74) is 13.8. The van der Waals surface area contributed by atoms with E-state index in [2.05, 4.69) is 10.2 Å². The summed E-state index contributed by atoms with van der Waals surface area (Å²) in [5.74, 6) is 0.534. The molecule has 0 amide bonds. The summed E-state index contributed by atoms with van der Waals surface area (Å²) in [6.45, 7) is 0. The van der Waals surface area contributed by atoms with Crippen LogP contribution in [0.5, 0.6) is 5.75 Å². The lowest BCUT2D eigenvalue weighted by molar-refractivity contribution is 0.417. The Morgan fingerprint density at radius 3 is 2.33 bits per heavy atom. The van der Waals surface area contributed by atoms with Crippen molar-refractivity contribution in [2.45, 2.75) is 0 Å². The Morgan fingerprint density at radius 1 is 0.944 bits per heavy atom. The van der Waals surface area contributed by atoms with Crippen LogP contribution >= 0.6 is 0 Å². The Labute approximate surface area is 105 Å². The van der Waals surface area contributed by atoms with Crippen molar-refractivity contribution < 1.29 is 4.74 Å². The van der Waals surface area contributed by atoms with Crippen LogP contribution < -0.4 is 16.2 Å². The summed E-state index contributed by atoms with van der Waals surface area (Å²) in [5, 5.41) is 8.18. The van der Waals surface area contributed by atoms with Gasteiger partial charge in [-0.15, -0.1) is 5.11 Å². The van der Waals surface area contributed by atoms with E-state index in [1.54, 1.807) is 19.2 Å². The Bertz CT molecular complexity index is 567. The molecule has 0 fully saturated rings. The van der Waals surface area contributed by atoms with E-state index in [9.17, 15) is 0 Å². The first-order chi connectivity index (χ1) is 8.70. The van der Waals surface area contributed by atoms with Gasteiger partial charge in [-0.3, -0.25) is 0 Å². The molecule has 4 N–H and O–H groups in total. The molecule has 2 rings (SSSR count). The summed E-state index contributed by atoms with van der Waals surface area (Å²) in [4.78, 5) is 0. The van der Waals surface area contributed by atoms with Crippen LogP contribution in [0.25, 0.3) is 0 Å². The van der Waals surface area contributed by atoms with Crippen LogP contribution in [0.4, 0.5) is 22.7 Å². The third kappa shape index (κ3) is 2.57. The molecule has 2 aromatic carbocycles. The highest BCUT2D eigenvalue weighted by atomic mass is 16.5. The van der Waals surface area contributed by atoms with Crippen LogP contribution in [-0.2, 0) is 0 Å². The predicted molar refractivity (Wildman–Crippen MR) is 72.4 cm³/mol. The number of azo groups is 1. The molecule has 2 aromatic rings. The number of methoxy groups -OCH3 is 1. The number of ether oxygens (including phenoxy) is 1. The van der Waals surface area contributed by atoms with Crippen molar-refractivity contribution >= 4 is 22.7 Å². The standard InChI is InChI=1S/C13H14N4O/c1-18-13-8-12(10(14)7-11(13)15)17-16-9-5-3-2-4-6-9/h2-8H,14-15H2,1H3. The fourth-order valence-corrected chi connectivity index (χ4v) is 1.47. The van der Waals surface area contributed by atoms with E-state index in [-0.39, 0.29) is 0 Å². The molecule has 0 saturated carbocycles. The number of rotatable bonds is 3. The molecule has 0 heterocycles. The minimum Gasteiger partial charge on any atom is -0.495 e. The first-order valence-corrected chi connectivity index (χ1v) is 5.40. The maximum absolute atomic E-state index is 5.82. The number of nitrogens with zero attached hydrogens (tertiary/aromatic N) is 2. The average molecular weight is 242 g/mol. The zero-order chi connectivity index (χ0) is 13.0. The van der Waals surface area contributed by atoms with Crippen LogP contribution in [0, 0.1) is 0 Å². The molecular weight excluding hydrogens is 228 g/mol. The van der Waals surface area contributed by atoms with E-state index < -0.39 is 0 Å². The topological polar surface area (TPSA) is 86.0 Å². The molecule has 0 aliphatic carbocycles. The van der Waals surface area contributed by atoms with Crippen LogP contribution in [-0.4, -0.2) is 7.11 Å². The maximum atomic E-state index is 5.82. The molecule has 0 bridgehead atoms. The zero-order valence-electron chi connectivity index (χ0n) is 10.00. The Balaban J connectivity index is 2.32. The second-order valence-electron chi connectivity index (χ2n) is 3.69. The lowest BCUT2D eigenvalue weighted by Crippen LogP contribution is -1.94. The number of anilines is 2. The SMILES string of the molecule is COc1cc(N=Nc2ccccc2)c(N)cc1N. The highest BCUT2D eigenvalue weighted by Gasteiger charge is 2.05.